The van der Waals surface area contributed by atoms with Gasteiger partial charge in [0.05, 0.1) is 25.4 Å². The van der Waals surface area contributed by atoms with Crippen LogP contribution in [0.1, 0.15) is 367 Å². The lowest BCUT2D eigenvalue weighted by atomic mass is 10.0. The Balaban J connectivity index is 3.43. The molecule has 6 heteroatoms. The van der Waals surface area contributed by atoms with Crippen LogP contribution in [0.3, 0.4) is 0 Å². The third kappa shape index (κ3) is 59.4. The molecule has 0 fully saturated rings. The third-order valence-corrected chi connectivity index (χ3v) is 15.5. The van der Waals surface area contributed by atoms with Crippen LogP contribution < -0.4 is 5.32 Å². The van der Waals surface area contributed by atoms with Crippen LogP contribution in [-0.4, -0.2) is 47.4 Å². The van der Waals surface area contributed by atoms with Gasteiger partial charge in [-0.15, -0.1) is 0 Å². The van der Waals surface area contributed by atoms with E-state index >= 15 is 0 Å². The predicted molar refractivity (Wildman–Crippen MR) is 320 cm³/mol. The van der Waals surface area contributed by atoms with Crippen molar-refractivity contribution in [3.63, 3.8) is 0 Å². The van der Waals surface area contributed by atoms with Gasteiger partial charge in [0, 0.05) is 12.8 Å². The molecule has 0 aromatic rings. The molecule has 2 atom stereocenters. The second-order valence-electron chi connectivity index (χ2n) is 22.8. The number of hydrogen-bond donors (Lipinski definition) is 3. The first-order valence-electron chi connectivity index (χ1n) is 33.1. The van der Waals surface area contributed by atoms with E-state index in [-0.39, 0.29) is 18.5 Å². The number of carbonyl (C=O) groups excluding carboxylic acids is 2. The number of carbonyl (C=O) groups is 2. The molecule has 1 amide bonds. The lowest BCUT2D eigenvalue weighted by Gasteiger charge is -2.20. The Kier molecular flexibility index (Phi) is 61.4. The molecule has 0 saturated heterocycles. The number of aliphatic hydroxyl groups is 2. The smallest absolute Gasteiger partial charge is 0.305 e. The first kappa shape index (κ1) is 71.3. The Bertz CT molecular complexity index is 1140. The summed E-state index contributed by atoms with van der Waals surface area (Å²) in [5, 5.41) is 23.2. The highest BCUT2D eigenvalue weighted by molar-refractivity contribution is 5.76. The van der Waals surface area contributed by atoms with E-state index in [1.807, 2.05) is 6.08 Å². The minimum absolute atomic E-state index is 0.0138. The normalized spacial score (nSPS) is 12.7. The van der Waals surface area contributed by atoms with E-state index in [0.717, 1.165) is 44.9 Å². The van der Waals surface area contributed by atoms with Gasteiger partial charge in [-0.25, -0.2) is 0 Å². The maximum atomic E-state index is 12.5. The largest absolute Gasteiger partial charge is 0.466 e. The Morgan fingerprint density at radius 3 is 0.973 bits per heavy atom. The molecule has 3 N–H and O–H groups in total. The van der Waals surface area contributed by atoms with Crippen LogP contribution in [0.2, 0.25) is 0 Å². The molecule has 432 valence electrons. The molecule has 0 aliphatic heterocycles. The SMILES string of the molecule is CCCCCCCCCCCCCCCCCCC/C=C/C(O)C(CO)NC(=O)CCCCCCCCC/C=C\CCCCCCCCCCCCCCOC(=O)CCCCCCCCCCCCCCCC. The Labute approximate surface area is 456 Å². The number of esters is 1. The van der Waals surface area contributed by atoms with Gasteiger partial charge in [-0.2, -0.15) is 0 Å². The second kappa shape index (κ2) is 62.9. The standard InChI is InChI=1S/C67H129NO5/c1-3-5-7-9-11-13-15-17-19-20-26-29-32-35-39-43-47-51-55-59-65(70)64(63-69)68-66(71)60-56-52-48-44-40-36-33-30-27-24-22-21-23-25-28-31-34-38-42-46-50-54-58-62-73-67(72)61-57-53-49-45-41-37-18-16-14-12-10-8-6-4-2/h24,27,55,59,64-65,69-70H,3-23,25-26,28-54,56-58,60-63H2,1-2H3,(H,68,71)/b27-24-,59-55+. The fourth-order valence-electron chi connectivity index (χ4n) is 10.4. The minimum Gasteiger partial charge on any atom is -0.466 e. The van der Waals surface area contributed by atoms with Gasteiger partial charge in [0.25, 0.3) is 0 Å². The summed E-state index contributed by atoms with van der Waals surface area (Å²) < 4.78 is 5.49. The van der Waals surface area contributed by atoms with Crippen molar-refractivity contribution in [3.8, 4) is 0 Å². The Morgan fingerprint density at radius 2 is 0.644 bits per heavy atom. The highest BCUT2D eigenvalue weighted by Gasteiger charge is 2.18. The van der Waals surface area contributed by atoms with Gasteiger partial charge < -0.3 is 20.3 Å². The van der Waals surface area contributed by atoms with Crippen LogP contribution in [0.5, 0.6) is 0 Å². The Hall–Kier alpha value is -1.66. The van der Waals surface area contributed by atoms with E-state index in [2.05, 4.69) is 31.3 Å². The van der Waals surface area contributed by atoms with Gasteiger partial charge in [-0.3, -0.25) is 9.59 Å². The van der Waals surface area contributed by atoms with Crippen LogP contribution in [0.25, 0.3) is 0 Å². The number of rotatable bonds is 62. The highest BCUT2D eigenvalue weighted by Crippen LogP contribution is 2.18. The van der Waals surface area contributed by atoms with Crippen LogP contribution >= 0.6 is 0 Å². The van der Waals surface area contributed by atoms with Crippen molar-refractivity contribution >= 4 is 11.9 Å². The van der Waals surface area contributed by atoms with Crippen LogP contribution in [0.15, 0.2) is 24.3 Å². The molecular weight excluding hydrogens is 899 g/mol. The molecule has 0 heterocycles. The zero-order valence-corrected chi connectivity index (χ0v) is 49.4. The lowest BCUT2D eigenvalue weighted by molar-refractivity contribution is -0.143. The van der Waals surface area contributed by atoms with Gasteiger partial charge >= 0.3 is 5.97 Å². The van der Waals surface area contributed by atoms with Crippen molar-refractivity contribution in [2.45, 2.75) is 379 Å². The topological polar surface area (TPSA) is 95.9 Å². The molecule has 2 unspecified atom stereocenters. The molecule has 0 aliphatic rings. The summed E-state index contributed by atoms with van der Waals surface area (Å²) >= 11 is 0. The number of ether oxygens (including phenoxy) is 1. The number of amides is 1. The van der Waals surface area contributed by atoms with E-state index < -0.39 is 12.1 Å². The van der Waals surface area contributed by atoms with E-state index in [1.165, 1.54) is 295 Å². The fourth-order valence-corrected chi connectivity index (χ4v) is 10.4. The van der Waals surface area contributed by atoms with Gasteiger partial charge in [0.15, 0.2) is 0 Å². The number of nitrogens with one attached hydrogen (secondary N) is 1. The first-order valence-corrected chi connectivity index (χ1v) is 33.1. The molecule has 0 rings (SSSR count). The molecule has 0 spiro atoms. The zero-order valence-electron chi connectivity index (χ0n) is 49.4. The van der Waals surface area contributed by atoms with E-state index in [0.29, 0.717) is 19.4 Å². The lowest BCUT2D eigenvalue weighted by Crippen LogP contribution is -2.45. The van der Waals surface area contributed by atoms with Gasteiger partial charge in [0.2, 0.25) is 5.91 Å². The van der Waals surface area contributed by atoms with Crippen molar-refractivity contribution in [3.05, 3.63) is 24.3 Å². The zero-order chi connectivity index (χ0) is 52.9. The summed E-state index contributed by atoms with van der Waals surface area (Å²) in [4.78, 5) is 24.6. The number of unbranched alkanes of at least 4 members (excludes halogenated alkanes) is 49. The van der Waals surface area contributed by atoms with Crippen molar-refractivity contribution in [1.82, 2.24) is 5.32 Å². The van der Waals surface area contributed by atoms with Gasteiger partial charge in [0.1, 0.15) is 0 Å². The molecule has 0 aromatic carbocycles. The summed E-state index contributed by atoms with van der Waals surface area (Å²) in [6.07, 6.45) is 78.0. The summed E-state index contributed by atoms with van der Waals surface area (Å²) in [5.41, 5.74) is 0. The minimum atomic E-state index is -0.849. The maximum Gasteiger partial charge on any atom is 0.305 e. The summed E-state index contributed by atoms with van der Waals surface area (Å²) in [5.74, 6) is -0.0573. The quantitative estimate of drug-likeness (QED) is 0.0320. The van der Waals surface area contributed by atoms with Crippen LogP contribution in [-0.2, 0) is 14.3 Å². The van der Waals surface area contributed by atoms with Crippen molar-refractivity contribution in [2.24, 2.45) is 0 Å². The van der Waals surface area contributed by atoms with Crippen LogP contribution in [0.4, 0.5) is 0 Å². The van der Waals surface area contributed by atoms with E-state index in [9.17, 15) is 19.8 Å². The van der Waals surface area contributed by atoms with Crippen molar-refractivity contribution in [1.29, 1.82) is 0 Å². The molecule has 0 aliphatic carbocycles. The summed E-state index contributed by atoms with van der Waals surface area (Å²) in [7, 11) is 0. The average molecular weight is 1030 g/mol. The molecule has 0 aromatic heterocycles. The molecule has 6 nitrogen and oxygen atoms in total. The van der Waals surface area contributed by atoms with Crippen molar-refractivity contribution < 1.29 is 24.5 Å². The van der Waals surface area contributed by atoms with Gasteiger partial charge in [-0.05, 0) is 57.8 Å². The van der Waals surface area contributed by atoms with Crippen LogP contribution in [0, 0.1) is 0 Å². The summed E-state index contributed by atoms with van der Waals surface area (Å²) in [6.45, 7) is 4.93. The maximum absolute atomic E-state index is 12.5. The Morgan fingerprint density at radius 1 is 0.370 bits per heavy atom. The molecular formula is C67H129NO5. The van der Waals surface area contributed by atoms with Crippen molar-refractivity contribution in [2.75, 3.05) is 13.2 Å². The third-order valence-electron chi connectivity index (χ3n) is 15.5. The molecule has 0 saturated carbocycles. The predicted octanol–water partition coefficient (Wildman–Crippen LogP) is 21.0. The fraction of sp³-hybridized carbons (Fsp3) is 0.910. The average Bonchev–Trinajstić information content (AvgIpc) is 3.39. The van der Waals surface area contributed by atoms with E-state index in [4.69, 9.17) is 4.74 Å². The monoisotopic (exact) mass is 1030 g/mol. The van der Waals surface area contributed by atoms with Gasteiger partial charge in [-0.1, -0.05) is 321 Å². The molecule has 0 radical (unpaired) electrons. The first-order chi connectivity index (χ1) is 36.0. The number of aliphatic hydroxyl groups excluding tert-OH is 2. The number of allylic oxidation sites excluding steroid dienone is 3. The second-order valence-corrected chi connectivity index (χ2v) is 22.8. The highest BCUT2D eigenvalue weighted by atomic mass is 16.5. The summed E-state index contributed by atoms with van der Waals surface area (Å²) in [6, 6.07) is -0.633. The molecule has 0 bridgehead atoms. The molecule has 73 heavy (non-hydrogen) atoms. The number of hydrogen-bond acceptors (Lipinski definition) is 5. The van der Waals surface area contributed by atoms with E-state index in [1.54, 1.807) is 6.08 Å².